The quantitative estimate of drug-likeness (QED) is 0.808. The Morgan fingerprint density at radius 1 is 1.17 bits per heavy atom. The number of hydrogen-bond donors (Lipinski definition) is 1. The summed E-state index contributed by atoms with van der Waals surface area (Å²) in [5.74, 6) is 1.07. The Labute approximate surface area is 144 Å². The van der Waals surface area contributed by atoms with Crippen LogP contribution >= 0.6 is 0 Å². The third-order valence-corrected chi connectivity index (χ3v) is 4.28. The predicted molar refractivity (Wildman–Crippen MR) is 99.1 cm³/mol. The molecule has 128 valence electrons. The van der Waals surface area contributed by atoms with Crippen LogP contribution in [0, 0.1) is 6.92 Å². The molecule has 1 heterocycles. The summed E-state index contributed by atoms with van der Waals surface area (Å²) in [6, 6.07) is 12.2. The molecule has 0 unspecified atom stereocenters. The van der Waals surface area contributed by atoms with Gasteiger partial charge < -0.3 is 10.2 Å². The van der Waals surface area contributed by atoms with Crippen LogP contribution < -0.4 is 10.2 Å². The standard InChI is InChI=1S/C20H27N3O/c1-4-23(5-2)19-14-17(12-13-21-19)10-11-20(24)22-15-18-9-7-6-8-16(18)3/h6-9,12-14H,4-5,10-11,15H2,1-3H3,(H,22,24). The van der Waals surface area contributed by atoms with Crippen LogP contribution in [0.4, 0.5) is 5.82 Å². The number of benzene rings is 1. The summed E-state index contributed by atoms with van der Waals surface area (Å²) >= 11 is 0. The first-order valence-corrected chi connectivity index (χ1v) is 8.65. The monoisotopic (exact) mass is 325 g/mol. The maximum atomic E-state index is 12.1. The molecular formula is C20H27N3O. The number of hydrogen-bond acceptors (Lipinski definition) is 3. The van der Waals surface area contributed by atoms with Gasteiger partial charge in [0.15, 0.2) is 0 Å². The van der Waals surface area contributed by atoms with Crippen molar-refractivity contribution >= 4 is 11.7 Å². The van der Waals surface area contributed by atoms with E-state index in [0.717, 1.165) is 30.9 Å². The van der Waals surface area contributed by atoms with Gasteiger partial charge in [0.1, 0.15) is 5.82 Å². The van der Waals surface area contributed by atoms with Gasteiger partial charge in [-0.2, -0.15) is 0 Å². The lowest BCUT2D eigenvalue weighted by molar-refractivity contribution is -0.121. The fraction of sp³-hybridized carbons (Fsp3) is 0.400. The molecule has 1 amide bonds. The van der Waals surface area contributed by atoms with Gasteiger partial charge in [-0.25, -0.2) is 4.98 Å². The SMILES string of the molecule is CCN(CC)c1cc(CCC(=O)NCc2ccccc2C)ccn1. The van der Waals surface area contributed by atoms with E-state index in [9.17, 15) is 4.79 Å². The third-order valence-electron chi connectivity index (χ3n) is 4.28. The summed E-state index contributed by atoms with van der Waals surface area (Å²) in [5.41, 5.74) is 3.52. The molecule has 4 heteroatoms. The number of aromatic nitrogens is 1. The number of nitrogens with zero attached hydrogens (tertiary/aromatic N) is 2. The van der Waals surface area contributed by atoms with E-state index in [1.807, 2.05) is 24.4 Å². The minimum Gasteiger partial charge on any atom is -0.357 e. The molecule has 0 atom stereocenters. The highest BCUT2D eigenvalue weighted by molar-refractivity contribution is 5.76. The van der Waals surface area contributed by atoms with E-state index in [1.165, 1.54) is 11.1 Å². The molecule has 0 aliphatic heterocycles. The van der Waals surface area contributed by atoms with E-state index in [4.69, 9.17) is 0 Å². The van der Waals surface area contributed by atoms with Crippen molar-refractivity contribution in [1.82, 2.24) is 10.3 Å². The van der Waals surface area contributed by atoms with Gasteiger partial charge in [-0.05, 0) is 56.0 Å². The van der Waals surface area contributed by atoms with Crippen LogP contribution in [0.3, 0.4) is 0 Å². The van der Waals surface area contributed by atoms with Gasteiger partial charge in [-0.1, -0.05) is 24.3 Å². The van der Waals surface area contributed by atoms with Crippen molar-refractivity contribution in [2.45, 2.75) is 40.2 Å². The molecule has 0 saturated heterocycles. The summed E-state index contributed by atoms with van der Waals surface area (Å²) < 4.78 is 0. The highest BCUT2D eigenvalue weighted by Crippen LogP contribution is 2.13. The molecule has 2 rings (SSSR count). The first kappa shape index (κ1) is 18.0. The fourth-order valence-electron chi connectivity index (χ4n) is 2.69. The summed E-state index contributed by atoms with van der Waals surface area (Å²) in [6.07, 6.45) is 3.05. The number of anilines is 1. The number of amides is 1. The summed E-state index contributed by atoms with van der Waals surface area (Å²) in [4.78, 5) is 18.7. The van der Waals surface area contributed by atoms with Crippen LogP contribution in [-0.4, -0.2) is 24.0 Å². The Morgan fingerprint density at radius 2 is 1.92 bits per heavy atom. The minimum absolute atomic E-state index is 0.0828. The van der Waals surface area contributed by atoms with Crippen molar-refractivity contribution in [3.05, 3.63) is 59.3 Å². The van der Waals surface area contributed by atoms with Gasteiger partial charge in [0, 0.05) is 32.3 Å². The van der Waals surface area contributed by atoms with E-state index in [0.29, 0.717) is 13.0 Å². The van der Waals surface area contributed by atoms with Gasteiger partial charge in [0.05, 0.1) is 0 Å². The maximum Gasteiger partial charge on any atom is 0.220 e. The molecule has 0 bridgehead atoms. The zero-order valence-corrected chi connectivity index (χ0v) is 14.9. The van der Waals surface area contributed by atoms with Gasteiger partial charge in [-0.15, -0.1) is 0 Å². The van der Waals surface area contributed by atoms with Crippen molar-refractivity contribution in [3.8, 4) is 0 Å². The third kappa shape index (κ3) is 5.08. The molecule has 1 N–H and O–H groups in total. The second-order valence-electron chi connectivity index (χ2n) is 5.90. The van der Waals surface area contributed by atoms with Crippen molar-refractivity contribution < 1.29 is 4.79 Å². The van der Waals surface area contributed by atoms with Crippen LogP contribution in [0.5, 0.6) is 0 Å². The molecular weight excluding hydrogens is 298 g/mol. The molecule has 24 heavy (non-hydrogen) atoms. The summed E-state index contributed by atoms with van der Waals surface area (Å²) in [5, 5.41) is 3.00. The average molecular weight is 325 g/mol. The Hall–Kier alpha value is -2.36. The molecule has 0 aliphatic carbocycles. The second kappa shape index (κ2) is 9.06. The van der Waals surface area contributed by atoms with E-state index < -0.39 is 0 Å². The highest BCUT2D eigenvalue weighted by atomic mass is 16.1. The van der Waals surface area contributed by atoms with Crippen LogP contribution in [0.25, 0.3) is 0 Å². The lowest BCUT2D eigenvalue weighted by Gasteiger charge is -2.20. The van der Waals surface area contributed by atoms with Crippen LogP contribution in [0.2, 0.25) is 0 Å². The number of rotatable bonds is 8. The normalized spacial score (nSPS) is 10.5. The van der Waals surface area contributed by atoms with Gasteiger partial charge in [-0.3, -0.25) is 4.79 Å². The van der Waals surface area contributed by atoms with Crippen molar-refractivity contribution in [2.75, 3.05) is 18.0 Å². The summed E-state index contributed by atoms with van der Waals surface area (Å²) in [6.45, 7) is 8.77. The molecule has 0 spiro atoms. The lowest BCUT2D eigenvalue weighted by Crippen LogP contribution is -2.24. The average Bonchev–Trinajstić information content (AvgIpc) is 2.61. The Kier molecular flexibility index (Phi) is 6.79. The molecule has 0 saturated carbocycles. The van der Waals surface area contributed by atoms with Gasteiger partial charge in [0.25, 0.3) is 0 Å². The molecule has 0 aliphatic rings. The van der Waals surface area contributed by atoms with Crippen molar-refractivity contribution in [2.24, 2.45) is 0 Å². The molecule has 1 aromatic carbocycles. The van der Waals surface area contributed by atoms with Crippen molar-refractivity contribution in [3.63, 3.8) is 0 Å². The number of nitrogens with one attached hydrogen (secondary N) is 1. The Morgan fingerprint density at radius 3 is 2.62 bits per heavy atom. The van der Waals surface area contributed by atoms with E-state index in [2.05, 4.69) is 54.2 Å². The Bertz CT molecular complexity index is 665. The van der Waals surface area contributed by atoms with E-state index in [-0.39, 0.29) is 5.91 Å². The molecule has 2 aromatic rings. The van der Waals surface area contributed by atoms with Crippen LogP contribution in [0.15, 0.2) is 42.6 Å². The maximum absolute atomic E-state index is 12.1. The topological polar surface area (TPSA) is 45.2 Å². The smallest absolute Gasteiger partial charge is 0.220 e. The first-order chi connectivity index (χ1) is 11.6. The minimum atomic E-state index is 0.0828. The van der Waals surface area contributed by atoms with Crippen molar-refractivity contribution in [1.29, 1.82) is 0 Å². The van der Waals surface area contributed by atoms with E-state index in [1.54, 1.807) is 0 Å². The highest BCUT2D eigenvalue weighted by Gasteiger charge is 2.07. The van der Waals surface area contributed by atoms with Gasteiger partial charge >= 0.3 is 0 Å². The van der Waals surface area contributed by atoms with Gasteiger partial charge in [0.2, 0.25) is 5.91 Å². The van der Waals surface area contributed by atoms with Crippen LogP contribution in [-0.2, 0) is 17.8 Å². The lowest BCUT2D eigenvalue weighted by atomic mass is 10.1. The molecule has 4 nitrogen and oxygen atoms in total. The number of carbonyl (C=O) groups is 1. The first-order valence-electron chi connectivity index (χ1n) is 8.65. The van der Waals surface area contributed by atoms with E-state index >= 15 is 0 Å². The fourth-order valence-corrected chi connectivity index (χ4v) is 2.69. The second-order valence-corrected chi connectivity index (χ2v) is 5.90. The number of carbonyl (C=O) groups excluding carboxylic acids is 1. The summed E-state index contributed by atoms with van der Waals surface area (Å²) in [7, 11) is 0. The molecule has 0 radical (unpaired) electrons. The Balaban J connectivity index is 1.85. The number of aryl methyl sites for hydroxylation is 2. The number of pyridine rings is 1. The zero-order chi connectivity index (χ0) is 17.4. The largest absolute Gasteiger partial charge is 0.357 e. The molecule has 1 aromatic heterocycles. The zero-order valence-electron chi connectivity index (χ0n) is 14.9. The van der Waals surface area contributed by atoms with Crippen LogP contribution in [0.1, 0.15) is 37.0 Å². The molecule has 0 fully saturated rings. The predicted octanol–water partition coefficient (Wildman–Crippen LogP) is 3.49.